The second-order valence-electron chi connectivity index (χ2n) is 27.5. The first-order valence-corrected chi connectivity index (χ1v) is 38.7. The van der Waals surface area contributed by atoms with Gasteiger partial charge in [-0.15, -0.1) is 0 Å². The second-order valence-corrected chi connectivity index (χ2v) is 27.5. The number of aliphatic hydroxyl groups is 8. The number of ether oxygens (including phenoxy) is 4. The summed E-state index contributed by atoms with van der Waals surface area (Å²) in [7, 11) is 0. The molecule has 2 aliphatic heterocycles. The summed E-state index contributed by atoms with van der Waals surface area (Å²) in [5, 5.41) is 87.6. The molecule has 0 saturated carbocycles. The molecule has 0 aliphatic carbocycles. The van der Waals surface area contributed by atoms with Gasteiger partial charge in [-0.3, -0.25) is 4.79 Å². The van der Waals surface area contributed by atoms with Crippen LogP contribution in [0.15, 0.2) is 36.5 Å². The third kappa shape index (κ3) is 45.4. The number of nitrogens with one attached hydrogen (secondary N) is 1. The van der Waals surface area contributed by atoms with Gasteiger partial charge in [-0.05, 0) is 51.4 Å². The topological polar surface area (TPSA) is 228 Å². The molecule has 14 heteroatoms. The van der Waals surface area contributed by atoms with Crippen LogP contribution in [0.5, 0.6) is 0 Å². The lowest BCUT2D eigenvalue weighted by atomic mass is 9.97. The van der Waals surface area contributed by atoms with Gasteiger partial charge in [-0.1, -0.05) is 333 Å². The molecule has 12 atom stereocenters. The average Bonchev–Trinajstić information content (AvgIpc) is 1.28. The van der Waals surface area contributed by atoms with Gasteiger partial charge in [0.25, 0.3) is 0 Å². The molecule has 12 unspecified atom stereocenters. The van der Waals surface area contributed by atoms with Crippen LogP contribution in [0, 0.1) is 0 Å². The molecule has 536 valence electrons. The maximum absolute atomic E-state index is 13.4. The zero-order valence-corrected chi connectivity index (χ0v) is 58.6. The second kappa shape index (κ2) is 61.8. The average molecular weight is 1290 g/mol. The van der Waals surface area contributed by atoms with E-state index in [1.54, 1.807) is 6.08 Å². The van der Waals surface area contributed by atoms with Crippen LogP contribution in [0.2, 0.25) is 0 Å². The molecule has 2 aliphatic rings. The minimum absolute atomic E-state index is 0.232. The Labute approximate surface area is 557 Å². The van der Waals surface area contributed by atoms with Crippen molar-refractivity contribution >= 4 is 5.91 Å². The minimum atomic E-state index is -1.79. The van der Waals surface area contributed by atoms with Crippen LogP contribution in [0.4, 0.5) is 0 Å². The first kappa shape index (κ1) is 85.3. The smallest absolute Gasteiger partial charge is 0.220 e. The summed E-state index contributed by atoms with van der Waals surface area (Å²) in [5.41, 5.74) is 0. The van der Waals surface area contributed by atoms with E-state index >= 15 is 0 Å². The first-order valence-electron chi connectivity index (χ1n) is 38.7. The van der Waals surface area contributed by atoms with Gasteiger partial charge >= 0.3 is 0 Å². The zero-order chi connectivity index (χ0) is 65.9. The van der Waals surface area contributed by atoms with Crippen LogP contribution in [0.25, 0.3) is 0 Å². The fourth-order valence-electron chi connectivity index (χ4n) is 12.9. The van der Waals surface area contributed by atoms with Crippen molar-refractivity contribution in [3.8, 4) is 0 Å². The van der Waals surface area contributed by atoms with E-state index < -0.39 is 86.8 Å². The fourth-order valence-corrected chi connectivity index (χ4v) is 12.9. The van der Waals surface area contributed by atoms with E-state index in [4.69, 9.17) is 18.9 Å². The number of aliphatic hydroxyl groups excluding tert-OH is 8. The Morgan fingerprint density at radius 1 is 0.396 bits per heavy atom. The number of hydrogen-bond acceptors (Lipinski definition) is 13. The number of hydrogen-bond donors (Lipinski definition) is 9. The van der Waals surface area contributed by atoms with Gasteiger partial charge in [0.1, 0.15) is 48.8 Å². The highest BCUT2D eigenvalue weighted by atomic mass is 16.7. The largest absolute Gasteiger partial charge is 0.394 e. The van der Waals surface area contributed by atoms with Crippen molar-refractivity contribution in [1.82, 2.24) is 5.32 Å². The first-order chi connectivity index (χ1) is 44.6. The summed E-state index contributed by atoms with van der Waals surface area (Å²) in [5.74, 6) is -0.232. The van der Waals surface area contributed by atoms with Crippen LogP contribution < -0.4 is 5.32 Å². The van der Waals surface area contributed by atoms with Crippen molar-refractivity contribution in [3.05, 3.63) is 36.5 Å². The zero-order valence-electron chi connectivity index (χ0n) is 58.6. The van der Waals surface area contributed by atoms with Crippen LogP contribution >= 0.6 is 0 Å². The SMILES string of the molecule is CCCCCCC/C=C\C/C=C\CCCCCCCCCCCCCCCCCCCCCCCC(=O)NC(COC1OC(CO)C(OC2OC(CO)C(O)C(O)C2O)C(O)C1O)C(O)/C=C/CCCCCCCCCCCCCCCCCCCCCCCC. The van der Waals surface area contributed by atoms with Crippen LogP contribution in [0.3, 0.4) is 0 Å². The number of amides is 1. The Morgan fingerprint density at radius 2 is 0.725 bits per heavy atom. The molecular weight excluding hydrogens is 1150 g/mol. The highest BCUT2D eigenvalue weighted by Gasteiger charge is 2.51. The monoisotopic (exact) mass is 1290 g/mol. The molecule has 1 amide bonds. The van der Waals surface area contributed by atoms with E-state index in [0.717, 1.165) is 44.9 Å². The Morgan fingerprint density at radius 3 is 1.10 bits per heavy atom. The van der Waals surface area contributed by atoms with E-state index in [9.17, 15) is 45.6 Å². The van der Waals surface area contributed by atoms with Crippen molar-refractivity contribution < 1.29 is 64.6 Å². The summed E-state index contributed by atoms with van der Waals surface area (Å²) < 4.78 is 22.9. The number of allylic oxidation sites excluding steroid dienone is 5. The molecule has 0 radical (unpaired) electrons. The van der Waals surface area contributed by atoms with Gasteiger partial charge in [-0.25, -0.2) is 0 Å². The van der Waals surface area contributed by atoms with Gasteiger partial charge in [-0.2, -0.15) is 0 Å². The highest BCUT2D eigenvalue weighted by molar-refractivity contribution is 5.76. The minimum Gasteiger partial charge on any atom is -0.394 e. The summed E-state index contributed by atoms with van der Waals surface area (Å²) in [6.07, 6.45) is 63.6. The fraction of sp³-hybridized carbons (Fsp3) is 0.909. The lowest BCUT2D eigenvalue weighted by Crippen LogP contribution is -2.65. The molecular formula is C77H145NO13. The molecule has 0 spiro atoms. The van der Waals surface area contributed by atoms with Crippen molar-refractivity contribution in [2.24, 2.45) is 0 Å². The predicted molar refractivity (Wildman–Crippen MR) is 374 cm³/mol. The Hall–Kier alpha value is -1.79. The molecule has 0 bridgehead atoms. The number of unbranched alkanes of at least 4 members (excludes halogenated alkanes) is 48. The van der Waals surface area contributed by atoms with Crippen LogP contribution in [-0.4, -0.2) is 140 Å². The van der Waals surface area contributed by atoms with Gasteiger partial charge < -0.3 is 65.1 Å². The van der Waals surface area contributed by atoms with E-state index in [1.165, 1.54) is 283 Å². The normalized spacial score (nSPS) is 22.9. The molecule has 2 heterocycles. The van der Waals surface area contributed by atoms with E-state index in [2.05, 4.69) is 43.5 Å². The maximum Gasteiger partial charge on any atom is 0.220 e. The maximum atomic E-state index is 13.4. The van der Waals surface area contributed by atoms with Crippen LogP contribution in [0.1, 0.15) is 354 Å². The number of rotatable bonds is 65. The van der Waals surface area contributed by atoms with Crippen LogP contribution in [-0.2, 0) is 23.7 Å². The van der Waals surface area contributed by atoms with Gasteiger partial charge in [0.2, 0.25) is 5.91 Å². The number of carbonyl (C=O) groups is 1. The highest BCUT2D eigenvalue weighted by Crippen LogP contribution is 2.30. The molecule has 91 heavy (non-hydrogen) atoms. The van der Waals surface area contributed by atoms with Gasteiger partial charge in [0.15, 0.2) is 12.6 Å². The molecule has 2 saturated heterocycles. The Bertz CT molecular complexity index is 1670. The predicted octanol–water partition coefficient (Wildman–Crippen LogP) is 16.9. The van der Waals surface area contributed by atoms with Gasteiger partial charge in [0.05, 0.1) is 32.0 Å². The molecule has 9 N–H and O–H groups in total. The third-order valence-electron chi connectivity index (χ3n) is 19.1. The summed E-state index contributed by atoms with van der Waals surface area (Å²) >= 11 is 0. The van der Waals surface area contributed by atoms with E-state index in [1.807, 2.05) is 6.08 Å². The molecule has 2 rings (SSSR count). The third-order valence-corrected chi connectivity index (χ3v) is 19.1. The van der Waals surface area contributed by atoms with Crippen molar-refractivity contribution in [3.63, 3.8) is 0 Å². The number of carbonyl (C=O) groups excluding carboxylic acids is 1. The van der Waals surface area contributed by atoms with Crippen molar-refractivity contribution in [1.29, 1.82) is 0 Å². The molecule has 2 fully saturated rings. The molecule has 14 nitrogen and oxygen atoms in total. The van der Waals surface area contributed by atoms with E-state index in [0.29, 0.717) is 6.42 Å². The summed E-state index contributed by atoms with van der Waals surface area (Å²) in [4.78, 5) is 13.4. The lowest BCUT2D eigenvalue weighted by Gasteiger charge is -2.46. The quantitative estimate of drug-likeness (QED) is 0.0204. The van der Waals surface area contributed by atoms with Crippen molar-refractivity contribution in [2.75, 3.05) is 19.8 Å². The standard InChI is InChI=1S/C77H145NO13/c1-3-5-7-9-11-13-15-17-19-21-23-25-27-29-30-31-32-33-34-35-36-37-39-41-43-45-47-49-51-53-55-57-59-61-69(82)78-65(64-88-76-74(87)72(85)75(68(63-80)90-76)91-77-73(86)71(84)70(83)67(62-79)89-77)66(81)60-58-56-54-52-50-48-46-44-42-40-38-28-26-24-22-20-18-16-14-12-10-8-6-4-2/h15,17,21,23,58,60,65-68,70-77,79-81,83-87H,3-14,16,18-20,22,24-57,59,61-64H2,1-2H3,(H,78,82)/b17-15-,23-21-,60-58+. The molecule has 0 aromatic rings. The molecule has 0 aromatic heterocycles. The Balaban J connectivity index is 1.62. The Kier molecular flexibility index (Phi) is 57.9. The summed E-state index contributed by atoms with van der Waals surface area (Å²) in [6, 6.07) is -0.914. The van der Waals surface area contributed by atoms with E-state index in [-0.39, 0.29) is 18.9 Å². The van der Waals surface area contributed by atoms with Crippen molar-refractivity contribution in [2.45, 2.75) is 428 Å². The van der Waals surface area contributed by atoms with Gasteiger partial charge in [0, 0.05) is 6.42 Å². The summed E-state index contributed by atoms with van der Waals surface area (Å²) in [6.45, 7) is 2.85. The lowest BCUT2D eigenvalue weighted by molar-refractivity contribution is -0.359. The molecule has 0 aromatic carbocycles.